The minimum Gasteiger partial charge on any atom is -0.408 e. The van der Waals surface area contributed by atoms with Gasteiger partial charge in [-0.05, 0) is 36.5 Å². The molecule has 11 heteroatoms. The number of amides is 2. The molecule has 1 aromatic carbocycles. The van der Waals surface area contributed by atoms with Gasteiger partial charge in [-0.2, -0.15) is 5.10 Å². The minimum atomic E-state index is -0.730. The molecule has 0 aliphatic heterocycles. The van der Waals surface area contributed by atoms with Gasteiger partial charge in [0.05, 0.1) is 11.7 Å². The van der Waals surface area contributed by atoms with Crippen LogP contribution in [0.15, 0.2) is 39.7 Å². The van der Waals surface area contributed by atoms with Gasteiger partial charge < -0.3 is 15.1 Å². The second kappa shape index (κ2) is 9.69. The maximum absolute atomic E-state index is 14.3. The first-order valence-corrected chi connectivity index (χ1v) is 11.7. The summed E-state index contributed by atoms with van der Waals surface area (Å²) in [4.78, 5) is 43.8. The highest BCUT2D eigenvalue weighted by Gasteiger charge is 2.21. The number of halogens is 1. The Hall–Kier alpha value is -4.02. The number of oxazole rings is 1. The minimum absolute atomic E-state index is 0.0371. The lowest BCUT2D eigenvalue weighted by molar-refractivity contribution is 0.0938. The fourth-order valence-electron chi connectivity index (χ4n) is 4.49. The second-order valence-electron chi connectivity index (χ2n) is 8.85. The van der Waals surface area contributed by atoms with E-state index in [1.54, 1.807) is 18.2 Å². The molecule has 35 heavy (non-hydrogen) atoms. The van der Waals surface area contributed by atoms with Crippen molar-refractivity contribution in [3.8, 4) is 0 Å². The summed E-state index contributed by atoms with van der Waals surface area (Å²) in [5.41, 5.74) is 1.36. The van der Waals surface area contributed by atoms with Crippen molar-refractivity contribution in [1.82, 2.24) is 30.2 Å². The number of nitrogens with zero attached hydrogens (tertiary/aromatic N) is 3. The molecule has 0 unspecified atom stereocenters. The highest BCUT2D eigenvalue weighted by atomic mass is 19.1. The van der Waals surface area contributed by atoms with Crippen molar-refractivity contribution in [1.29, 1.82) is 0 Å². The summed E-state index contributed by atoms with van der Waals surface area (Å²) in [5, 5.41) is 9.56. The van der Waals surface area contributed by atoms with Crippen LogP contribution in [-0.2, 0) is 6.54 Å². The zero-order valence-corrected chi connectivity index (χ0v) is 19.0. The Kier molecular flexibility index (Phi) is 6.30. The van der Waals surface area contributed by atoms with E-state index in [0.717, 1.165) is 36.4 Å². The van der Waals surface area contributed by atoms with E-state index in [4.69, 9.17) is 4.42 Å². The normalized spacial score (nSPS) is 14.8. The number of fused-ring (bicyclic) bond motifs is 2. The van der Waals surface area contributed by atoms with Crippen molar-refractivity contribution < 1.29 is 18.4 Å². The molecule has 3 aromatic heterocycles. The van der Waals surface area contributed by atoms with Gasteiger partial charge >= 0.3 is 5.76 Å². The topological polar surface area (TPSA) is 134 Å². The molecule has 0 saturated heterocycles. The van der Waals surface area contributed by atoms with Crippen molar-refractivity contribution >= 4 is 28.6 Å². The van der Waals surface area contributed by atoms with E-state index in [-0.39, 0.29) is 23.6 Å². The zero-order chi connectivity index (χ0) is 24.4. The van der Waals surface area contributed by atoms with Crippen LogP contribution in [0.5, 0.6) is 0 Å². The first kappa shape index (κ1) is 22.8. The van der Waals surface area contributed by atoms with Gasteiger partial charge in [0, 0.05) is 19.2 Å². The van der Waals surface area contributed by atoms with Gasteiger partial charge in [-0.15, -0.1) is 0 Å². The van der Waals surface area contributed by atoms with Crippen LogP contribution in [0, 0.1) is 11.7 Å². The largest absolute Gasteiger partial charge is 0.417 e. The van der Waals surface area contributed by atoms with Crippen LogP contribution in [-0.4, -0.2) is 37.9 Å². The maximum Gasteiger partial charge on any atom is 0.417 e. The lowest BCUT2D eigenvalue weighted by atomic mass is 10.0. The first-order chi connectivity index (χ1) is 17.0. The molecule has 4 aromatic rings. The van der Waals surface area contributed by atoms with E-state index in [1.165, 1.54) is 18.9 Å². The van der Waals surface area contributed by atoms with E-state index in [9.17, 15) is 18.8 Å². The van der Waals surface area contributed by atoms with E-state index in [1.807, 2.05) is 0 Å². The molecule has 0 radical (unpaired) electrons. The quantitative estimate of drug-likeness (QED) is 0.363. The number of carbonyl (C=O) groups is 2. The lowest BCUT2D eigenvalue weighted by Crippen LogP contribution is -2.32. The Labute approximate surface area is 198 Å². The first-order valence-electron chi connectivity index (χ1n) is 11.7. The van der Waals surface area contributed by atoms with E-state index in [2.05, 4.69) is 25.7 Å². The van der Waals surface area contributed by atoms with E-state index < -0.39 is 23.4 Å². The van der Waals surface area contributed by atoms with Crippen LogP contribution < -0.4 is 16.4 Å². The molecular formula is C24H25FN6O4. The molecule has 0 spiro atoms. The van der Waals surface area contributed by atoms with Gasteiger partial charge in [0.15, 0.2) is 17.0 Å². The van der Waals surface area contributed by atoms with Crippen LogP contribution in [0.2, 0.25) is 0 Å². The maximum atomic E-state index is 14.3. The Bertz CT molecular complexity index is 1450. The number of aromatic amines is 1. The molecule has 182 valence electrons. The van der Waals surface area contributed by atoms with E-state index >= 15 is 0 Å². The molecule has 2 amide bonds. The van der Waals surface area contributed by atoms with Gasteiger partial charge in [0.2, 0.25) is 0 Å². The third-order valence-corrected chi connectivity index (χ3v) is 6.36. The molecular weight excluding hydrogens is 455 g/mol. The molecule has 0 bridgehead atoms. The molecule has 1 saturated carbocycles. The summed E-state index contributed by atoms with van der Waals surface area (Å²) in [5.74, 6) is -1.91. The molecule has 1 aliphatic rings. The van der Waals surface area contributed by atoms with Crippen LogP contribution in [0.25, 0.3) is 16.7 Å². The predicted molar refractivity (Wildman–Crippen MR) is 124 cm³/mol. The Morgan fingerprint density at radius 2 is 1.91 bits per heavy atom. The molecule has 10 nitrogen and oxygen atoms in total. The summed E-state index contributed by atoms with van der Waals surface area (Å²) >= 11 is 0. The van der Waals surface area contributed by atoms with Crippen LogP contribution in [0.1, 0.15) is 65.1 Å². The van der Waals surface area contributed by atoms with Crippen molar-refractivity contribution in [2.24, 2.45) is 5.92 Å². The number of nitrogens with one attached hydrogen (secondary N) is 3. The van der Waals surface area contributed by atoms with Gasteiger partial charge in [-0.3, -0.25) is 14.6 Å². The van der Waals surface area contributed by atoms with Crippen molar-refractivity contribution in [2.75, 3.05) is 6.54 Å². The standard InChI is InChI=1S/C24H25FN6O4/c25-16-13-28-31-19(23(33)27-11-14-5-3-1-2-4-6-14)10-18(29-21(16)31)22(32)26-12-15-7-8-20-17(9-15)30-24(34)35-20/h7-10,13-14H,1-6,11-12H2,(H,26,32)(H,27,33)(H,30,34). The van der Waals surface area contributed by atoms with Crippen molar-refractivity contribution in [2.45, 2.75) is 45.1 Å². The molecule has 3 heterocycles. The molecule has 3 N–H and O–H groups in total. The number of hydrogen-bond donors (Lipinski definition) is 3. The van der Waals surface area contributed by atoms with Crippen LogP contribution >= 0.6 is 0 Å². The number of rotatable bonds is 6. The SMILES string of the molecule is O=C(NCc1ccc2oc(=O)[nH]c2c1)c1cc(C(=O)NCC2CCCCCC2)n2ncc(F)c2n1. The van der Waals surface area contributed by atoms with Crippen molar-refractivity contribution in [3.05, 3.63) is 63.8 Å². The molecule has 5 rings (SSSR count). The highest BCUT2D eigenvalue weighted by molar-refractivity contribution is 5.98. The highest BCUT2D eigenvalue weighted by Crippen LogP contribution is 2.22. The lowest BCUT2D eigenvalue weighted by Gasteiger charge is -2.15. The van der Waals surface area contributed by atoms with Gasteiger partial charge in [0.1, 0.15) is 11.4 Å². The number of carbonyl (C=O) groups excluding carboxylic acids is 2. The Morgan fingerprint density at radius 3 is 2.71 bits per heavy atom. The molecule has 1 fully saturated rings. The fraction of sp³-hybridized carbons (Fsp3) is 0.375. The van der Waals surface area contributed by atoms with E-state index in [0.29, 0.717) is 29.1 Å². The average molecular weight is 481 g/mol. The summed E-state index contributed by atoms with van der Waals surface area (Å²) in [7, 11) is 0. The van der Waals surface area contributed by atoms with Gasteiger partial charge in [0.25, 0.3) is 11.8 Å². The van der Waals surface area contributed by atoms with Crippen LogP contribution in [0.3, 0.4) is 0 Å². The number of H-pyrrole nitrogens is 1. The number of hydrogen-bond acceptors (Lipinski definition) is 6. The summed E-state index contributed by atoms with van der Waals surface area (Å²) < 4.78 is 20.4. The fourth-order valence-corrected chi connectivity index (χ4v) is 4.49. The smallest absolute Gasteiger partial charge is 0.408 e. The monoisotopic (exact) mass is 480 g/mol. The Balaban J connectivity index is 1.33. The zero-order valence-electron chi connectivity index (χ0n) is 19.0. The molecule has 1 aliphatic carbocycles. The summed E-state index contributed by atoms with van der Waals surface area (Å²) in [6.07, 6.45) is 7.83. The van der Waals surface area contributed by atoms with Crippen LogP contribution in [0.4, 0.5) is 4.39 Å². The third kappa shape index (κ3) is 4.93. The second-order valence-corrected chi connectivity index (χ2v) is 8.85. The Morgan fingerprint density at radius 1 is 1.11 bits per heavy atom. The van der Waals surface area contributed by atoms with Gasteiger partial charge in [-0.25, -0.2) is 18.7 Å². The summed E-state index contributed by atoms with van der Waals surface area (Å²) in [6.45, 7) is 0.645. The third-order valence-electron chi connectivity index (χ3n) is 6.36. The van der Waals surface area contributed by atoms with Crippen molar-refractivity contribution in [3.63, 3.8) is 0 Å². The average Bonchev–Trinajstić information content (AvgIpc) is 3.30. The molecule has 0 atom stereocenters. The summed E-state index contributed by atoms with van der Waals surface area (Å²) in [6, 6.07) is 6.32. The number of benzene rings is 1. The van der Waals surface area contributed by atoms with Gasteiger partial charge in [-0.1, -0.05) is 31.7 Å². The predicted octanol–water partition coefficient (Wildman–Crippen LogP) is 2.93. The number of aromatic nitrogens is 4.